The fourth-order valence-electron chi connectivity index (χ4n) is 1.88. The molecule has 0 saturated heterocycles. The predicted molar refractivity (Wildman–Crippen MR) is 94.2 cm³/mol. The second-order valence-corrected chi connectivity index (χ2v) is 6.18. The Morgan fingerprint density at radius 3 is 2.67 bits per heavy atom. The number of thiocarbonyl (C=S) groups is 1. The number of hydrogen-bond acceptors (Lipinski definition) is 2. The highest BCUT2D eigenvalue weighted by Gasteiger charge is 2.14. The van der Waals surface area contributed by atoms with E-state index in [9.17, 15) is 4.79 Å². The van der Waals surface area contributed by atoms with Crippen LogP contribution in [0.25, 0.3) is 0 Å². The SMILES string of the molecule is Cc1c(Cl)cccc1C(=O)Nc1cc(Br)ccc1C(N)=S. The summed E-state index contributed by atoms with van der Waals surface area (Å²) in [5.41, 5.74) is 8.08. The molecule has 6 heteroatoms. The van der Waals surface area contributed by atoms with Gasteiger partial charge in [-0.15, -0.1) is 0 Å². The van der Waals surface area contributed by atoms with E-state index in [4.69, 9.17) is 29.6 Å². The van der Waals surface area contributed by atoms with Gasteiger partial charge in [0.1, 0.15) is 4.99 Å². The quantitative estimate of drug-likeness (QED) is 0.777. The number of rotatable bonds is 3. The number of nitrogens with one attached hydrogen (secondary N) is 1. The van der Waals surface area contributed by atoms with Crippen LogP contribution in [0.15, 0.2) is 40.9 Å². The van der Waals surface area contributed by atoms with Crippen LogP contribution in [-0.2, 0) is 0 Å². The van der Waals surface area contributed by atoms with Crippen LogP contribution in [-0.4, -0.2) is 10.9 Å². The fourth-order valence-corrected chi connectivity index (χ4v) is 2.59. The molecule has 0 aliphatic carbocycles. The Morgan fingerprint density at radius 2 is 2.00 bits per heavy atom. The first-order chi connectivity index (χ1) is 9.90. The summed E-state index contributed by atoms with van der Waals surface area (Å²) in [6.07, 6.45) is 0. The molecule has 0 radical (unpaired) electrons. The molecule has 0 saturated carbocycles. The van der Waals surface area contributed by atoms with Crippen LogP contribution >= 0.6 is 39.7 Å². The zero-order chi connectivity index (χ0) is 15.6. The minimum Gasteiger partial charge on any atom is -0.389 e. The maximum absolute atomic E-state index is 12.4. The van der Waals surface area contributed by atoms with Crippen molar-refractivity contribution in [2.24, 2.45) is 5.73 Å². The number of carbonyl (C=O) groups excluding carboxylic acids is 1. The van der Waals surface area contributed by atoms with Crippen LogP contribution in [0, 0.1) is 6.92 Å². The Labute approximate surface area is 141 Å². The average molecular weight is 384 g/mol. The van der Waals surface area contributed by atoms with E-state index in [0.717, 1.165) is 10.0 Å². The summed E-state index contributed by atoms with van der Waals surface area (Å²) >= 11 is 14.4. The molecule has 0 unspecified atom stereocenters. The molecule has 1 amide bonds. The smallest absolute Gasteiger partial charge is 0.256 e. The highest BCUT2D eigenvalue weighted by molar-refractivity contribution is 9.10. The van der Waals surface area contributed by atoms with Crippen molar-refractivity contribution in [3.05, 3.63) is 62.6 Å². The fraction of sp³-hybridized carbons (Fsp3) is 0.0667. The van der Waals surface area contributed by atoms with E-state index >= 15 is 0 Å². The van der Waals surface area contributed by atoms with Crippen LogP contribution < -0.4 is 11.1 Å². The third kappa shape index (κ3) is 3.61. The van der Waals surface area contributed by atoms with Gasteiger partial charge in [-0.2, -0.15) is 0 Å². The van der Waals surface area contributed by atoms with Crippen LogP contribution in [0.1, 0.15) is 21.5 Å². The Kier molecular flexibility index (Phi) is 4.98. The standard InChI is InChI=1S/C15H12BrClN2OS/c1-8-10(3-2-4-12(8)17)15(20)19-13-7-9(16)5-6-11(13)14(18)21/h2-7H,1H3,(H2,18,21)(H,19,20). The molecule has 0 heterocycles. The van der Waals surface area contributed by atoms with Gasteiger partial charge in [-0.1, -0.05) is 45.8 Å². The number of nitrogens with two attached hydrogens (primary N) is 1. The van der Waals surface area contributed by atoms with E-state index in [1.54, 1.807) is 37.3 Å². The molecule has 3 nitrogen and oxygen atoms in total. The summed E-state index contributed by atoms with van der Waals surface area (Å²) in [5.74, 6) is -0.259. The minimum absolute atomic E-state index is 0.223. The van der Waals surface area contributed by atoms with Crippen molar-refractivity contribution < 1.29 is 4.79 Å². The van der Waals surface area contributed by atoms with Crippen molar-refractivity contribution >= 4 is 56.3 Å². The monoisotopic (exact) mass is 382 g/mol. The lowest BCUT2D eigenvalue weighted by Crippen LogP contribution is -2.18. The number of amides is 1. The van der Waals surface area contributed by atoms with E-state index in [1.165, 1.54) is 0 Å². The molecule has 0 aliphatic rings. The third-order valence-corrected chi connectivity index (χ3v) is 4.13. The molecule has 0 bridgehead atoms. The molecule has 0 atom stereocenters. The first-order valence-electron chi connectivity index (χ1n) is 6.06. The van der Waals surface area contributed by atoms with Crippen LogP contribution in [0.3, 0.4) is 0 Å². The Balaban J connectivity index is 2.38. The molecule has 2 aromatic carbocycles. The van der Waals surface area contributed by atoms with Crippen molar-refractivity contribution in [1.29, 1.82) is 0 Å². The van der Waals surface area contributed by atoms with Crippen LogP contribution in [0.4, 0.5) is 5.69 Å². The summed E-state index contributed by atoms with van der Waals surface area (Å²) in [6.45, 7) is 1.80. The molecule has 108 valence electrons. The van der Waals surface area contributed by atoms with Crippen molar-refractivity contribution in [3.63, 3.8) is 0 Å². The molecular formula is C15H12BrClN2OS. The van der Waals surface area contributed by atoms with Gasteiger partial charge in [-0.3, -0.25) is 4.79 Å². The van der Waals surface area contributed by atoms with Gasteiger partial charge in [-0.05, 0) is 42.8 Å². The van der Waals surface area contributed by atoms with E-state index in [1.807, 2.05) is 6.07 Å². The van der Waals surface area contributed by atoms with Gasteiger partial charge >= 0.3 is 0 Å². The van der Waals surface area contributed by atoms with E-state index in [2.05, 4.69) is 21.2 Å². The lowest BCUT2D eigenvalue weighted by Gasteiger charge is -2.12. The summed E-state index contributed by atoms with van der Waals surface area (Å²) in [5, 5.41) is 3.37. The third-order valence-electron chi connectivity index (χ3n) is 3.01. The van der Waals surface area contributed by atoms with Crippen LogP contribution in [0.2, 0.25) is 5.02 Å². The summed E-state index contributed by atoms with van der Waals surface area (Å²) in [6, 6.07) is 10.5. The average Bonchev–Trinajstić information content (AvgIpc) is 2.41. The molecule has 3 N–H and O–H groups in total. The van der Waals surface area contributed by atoms with Crippen molar-refractivity contribution in [3.8, 4) is 0 Å². The lowest BCUT2D eigenvalue weighted by atomic mass is 10.1. The molecule has 0 fully saturated rings. The molecule has 2 aromatic rings. The van der Waals surface area contributed by atoms with Gasteiger partial charge < -0.3 is 11.1 Å². The van der Waals surface area contributed by atoms with E-state index < -0.39 is 0 Å². The van der Waals surface area contributed by atoms with Gasteiger partial charge in [-0.25, -0.2) is 0 Å². The van der Waals surface area contributed by atoms with E-state index in [0.29, 0.717) is 21.8 Å². The number of hydrogen-bond donors (Lipinski definition) is 2. The molecule has 0 aromatic heterocycles. The number of carbonyl (C=O) groups is 1. The second kappa shape index (κ2) is 6.56. The molecule has 21 heavy (non-hydrogen) atoms. The minimum atomic E-state index is -0.259. The van der Waals surface area contributed by atoms with Gasteiger partial charge in [0.2, 0.25) is 0 Å². The molecule has 0 spiro atoms. The maximum atomic E-state index is 12.4. The number of benzene rings is 2. The molecular weight excluding hydrogens is 372 g/mol. The predicted octanol–water partition coefficient (Wildman–Crippen LogP) is 4.30. The van der Waals surface area contributed by atoms with Gasteiger partial charge in [0.05, 0.1) is 5.69 Å². The Hall–Kier alpha value is -1.43. The molecule has 0 aliphatic heterocycles. The van der Waals surface area contributed by atoms with Gasteiger partial charge in [0, 0.05) is 20.6 Å². The first kappa shape index (κ1) is 15.9. The largest absolute Gasteiger partial charge is 0.389 e. The Morgan fingerprint density at radius 1 is 1.29 bits per heavy atom. The highest BCUT2D eigenvalue weighted by atomic mass is 79.9. The zero-order valence-corrected chi connectivity index (χ0v) is 14.3. The Bertz CT molecular complexity index is 734. The summed E-state index contributed by atoms with van der Waals surface area (Å²) in [7, 11) is 0. The number of halogens is 2. The molecule has 2 rings (SSSR count). The van der Waals surface area contributed by atoms with Crippen molar-refractivity contribution in [2.75, 3.05) is 5.32 Å². The lowest BCUT2D eigenvalue weighted by molar-refractivity contribution is 0.102. The first-order valence-corrected chi connectivity index (χ1v) is 7.64. The summed E-state index contributed by atoms with van der Waals surface area (Å²) in [4.78, 5) is 12.6. The maximum Gasteiger partial charge on any atom is 0.256 e. The normalized spacial score (nSPS) is 10.2. The zero-order valence-electron chi connectivity index (χ0n) is 11.1. The van der Waals surface area contributed by atoms with Gasteiger partial charge in [0.15, 0.2) is 0 Å². The van der Waals surface area contributed by atoms with Crippen molar-refractivity contribution in [2.45, 2.75) is 6.92 Å². The van der Waals surface area contributed by atoms with Crippen molar-refractivity contribution in [1.82, 2.24) is 0 Å². The summed E-state index contributed by atoms with van der Waals surface area (Å²) < 4.78 is 0.820. The van der Waals surface area contributed by atoms with Crippen LogP contribution in [0.5, 0.6) is 0 Å². The van der Waals surface area contributed by atoms with Gasteiger partial charge in [0.25, 0.3) is 5.91 Å². The van der Waals surface area contributed by atoms with E-state index in [-0.39, 0.29) is 10.9 Å². The topological polar surface area (TPSA) is 55.1 Å². The second-order valence-electron chi connectivity index (χ2n) is 4.42. The highest BCUT2D eigenvalue weighted by Crippen LogP contribution is 2.24. The number of anilines is 1.